The van der Waals surface area contributed by atoms with E-state index in [-0.39, 0.29) is 11.9 Å². The number of benzene rings is 3. The molecule has 1 amide bonds. The van der Waals surface area contributed by atoms with Crippen molar-refractivity contribution in [3.8, 4) is 0 Å². The molecule has 7 heteroatoms. The third-order valence-electron chi connectivity index (χ3n) is 4.82. The number of fused-ring (bicyclic) bond motifs is 1. The number of rotatable bonds is 7. The Kier molecular flexibility index (Phi) is 6.33. The molecule has 0 spiro atoms. The van der Waals surface area contributed by atoms with Gasteiger partial charge in [-0.25, -0.2) is 9.78 Å². The first-order valence-corrected chi connectivity index (χ1v) is 10.7. The topological polar surface area (TPSA) is 84.1 Å². The van der Waals surface area contributed by atoms with Crippen molar-refractivity contribution in [3.63, 3.8) is 0 Å². The lowest BCUT2D eigenvalue weighted by atomic mass is 10.1. The predicted molar refractivity (Wildman–Crippen MR) is 121 cm³/mol. The van der Waals surface area contributed by atoms with Crippen LogP contribution in [0.15, 0.2) is 78.0 Å². The van der Waals surface area contributed by atoms with E-state index in [0.29, 0.717) is 23.4 Å². The molecule has 0 unspecified atom stereocenters. The van der Waals surface area contributed by atoms with E-state index >= 15 is 0 Å². The summed E-state index contributed by atoms with van der Waals surface area (Å²) >= 11 is 1.56. The standard InChI is InChI=1S/C24H21N3O3S/c1-30-23(29)17-12-10-16(11-13-17)14-25-22(28)19-7-3-2-6-18(19)15-31-24-26-20-8-4-5-9-21(20)27-24/h2-13H,14-15H2,1H3,(H,25,28)(H,26,27). The molecular weight excluding hydrogens is 410 g/mol. The lowest BCUT2D eigenvalue weighted by Crippen LogP contribution is -2.24. The molecule has 3 aromatic carbocycles. The monoisotopic (exact) mass is 431 g/mol. The van der Waals surface area contributed by atoms with Crippen LogP contribution in [-0.4, -0.2) is 29.0 Å². The maximum atomic E-state index is 12.8. The molecule has 0 saturated heterocycles. The molecule has 0 aliphatic rings. The molecule has 0 radical (unpaired) electrons. The molecule has 0 aliphatic heterocycles. The van der Waals surface area contributed by atoms with E-state index in [0.717, 1.165) is 27.3 Å². The molecule has 4 rings (SSSR count). The minimum absolute atomic E-state index is 0.141. The molecule has 2 N–H and O–H groups in total. The average Bonchev–Trinajstić information content (AvgIpc) is 3.24. The number of carbonyl (C=O) groups is 2. The number of ether oxygens (including phenoxy) is 1. The first-order valence-electron chi connectivity index (χ1n) is 9.75. The van der Waals surface area contributed by atoms with E-state index in [2.05, 4.69) is 15.3 Å². The SMILES string of the molecule is COC(=O)c1ccc(CNC(=O)c2ccccc2CSc2nc3ccccc3[nH]2)cc1. The van der Waals surface area contributed by atoms with Gasteiger partial charge in [-0.05, 0) is 41.5 Å². The van der Waals surface area contributed by atoms with Crippen molar-refractivity contribution in [1.29, 1.82) is 0 Å². The highest BCUT2D eigenvalue weighted by Gasteiger charge is 2.12. The third kappa shape index (κ3) is 4.95. The first-order chi connectivity index (χ1) is 15.1. The van der Waals surface area contributed by atoms with Crippen molar-refractivity contribution in [1.82, 2.24) is 15.3 Å². The minimum Gasteiger partial charge on any atom is -0.465 e. The van der Waals surface area contributed by atoms with E-state index in [4.69, 9.17) is 4.74 Å². The highest BCUT2D eigenvalue weighted by Crippen LogP contribution is 2.24. The van der Waals surface area contributed by atoms with Crippen molar-refractivity contribution in [2.45, 2.75) is 17.5 Å². The summed E-state index contributed by atoms with van der Waals surface area (Å²) in [6, 6.07) is 22.4. The van der Waals surface area contributed by atoms with Crippen molar-refractivity contribution in [2.75, 3.05) is 7.11 Å². The Morgan fingerprint density at radius 2 is 1.74 bits per heavy atom. The van der Waals surface area contributed by atoms with E-state index in [9.17, 15) is 9.59 Å². The Labute approximate surface area is 184 Å². The summed E-state index contributed by atoms with van der Waals surface area (Å²) in [5, 5.41) is 3.77. The average molecular weight is 432 g/mol. The molecule has 0 fully saturated rings. The second-order valence-corrected chi connectivity index (χ2v) is 7.84. The van der Waals surface area contributed by atoms with Crippen LogP contribution in [0.25, 0.3) is 11.0 Å². The first kappa shape index (κ1) is 20.7. The molecule has 0 bridgehead atoms. The summed E-state index contributed by atoms with van der Waals surface area (Å²) in [5.74, 6) is 0.0985. The van der Waals surface area contributed by atoms with Crippen molar-refractivity contribution < 1.29 is 14.3 Å². The van der Waals surface area contributed by atoms with Crippen LogP contribution >= 0.6 is 11.8 Å². The number of H-pyrrole nitrogens is 1. The van der Waals surface area contributed by atoms with E-state index in [1.54, 1.807) is 36.0 Å². The number of aromatic amines is 1. The van der Waals surface area contributed by atoms with Gasteiger partial charge in [0.2, 0.25) is 0 Å². The molecule has 4 aromatic rings. The molecule has 0 aliphatic carbocycles. The summed E-state index contributed by atoms with van der Waals surface area (Å²) in [6.45, 7) is 0.366. The summed E-state index contributed by atoms with van der Waals surface area (Å²) < 4.78 is 4.70. The fourth-order valence-electron chi connectivity index (χ4n) is 3.17. The number of hydrogen-bond acceptors (Lipinski definition) is 5. The number of hydrogen-bond donors (Lipinski definition) is 2. The molecule has 1 aromatic heterocycles. The number of methoxy groups -OCH3 is 1. The van der Waals surface area contributed by atoms with Crippen LogP contribution in [0.3, 0.4) is 0 Å². The van der Waals surface area contributed by atoms with Crippen LogP contribution < -0.4 is 5.32 Å². The van der Waals surface area contributed by atoms with Gasteiger partial charge < -0.3 is 15.0 Å². The largest absolute Gasteiger partial charge is 0.465 e. The smallest absolute Gasteiger partial charge is 0.337 e. The lowest BCUT2D eigenvalue weighted by Gasteiger charge is -2.10. The number of nitrogens with zero attached hydrogens (tertiary/aromatic N) is 1. The molecule has 1 heterocycles. The van der Waals surface area contributed by atoms with Crippen LogP contribution in [0, 0.1) is 0 Å². The predicted octanol–water partition coefficient (Wildman–Crippen LogP) is 4.57. The number of thioether (sulfide) groups is 1. The normalized spacial score (nSPS) is 10.7. The van der Waals surface area contributed by atoms with Gasteiger partial charge >= 0.3 is 5.97 Å². The van der Waals surface area contributed by atoms with Crippen LogP contribution in [0.1, 0.15) is 31.8 Å². The van der Waals surface area contributed by atoms with E-state index in [1.807, 2.05) is 48.5 Å². The number of esters is 1. The van der Waals surface area contributed by atoms with Gasteiger partial charge in [-0.3, -0.25) is 4.79 Å². The van der Waals surface area contributed by atoms with Gasteiger partial charge in [0.1, 0.15) is 0 Å². The highest BCUT2D eigenvalue weighted by atomic mass is 32.2. The van der Waals surface area contributed by atoms with E-state index in [1.165, 1.54) is 7.11 Å². The van der Waals surface area contributed by atoms with Gasteiger partial charge in [-0.15, -0.1) is 0 Å². The quantitative estimate of drug-likeness (QED) is 0.331. The Hall–Kier alpha value is -3.58. The Balaban J connectivity index is 1.40. The maximum absolute atomic E-state index is 12.8. The van der Waals surface area contributed by atoms with Gasteiger partial charge in [0.15, 0.2) is 5.16 Å². The van der Waals surface area contributed by atoms with E-state index < -0.39 is 0 Å². The van der Waals surface area contributed by atoms with Gasteiger partial charge in [-0.1, -0.05) is 54.2 Å². The molecule has 156 valence electrons. The van der Waals surface area contributed by atoms with Gasteiger partial charge in [0.05, 0.1) is 23.7 Å². The van der Waals surface area contributed by atoms with Crippen molar-refractivity contribution in [2.24, 2.45) is 0 Å². The zero-order valence-electron chi connectivity index (χ0n) is 16.9. The van der Waals surface area contributed by atoms with Gasteiger partial charge in [0, 0.05) is 17.9 Å². The fourth-order valence-corrected chi connectivity index (χ4v) is 4.05. The number of imidazole rings is 1. The van der Waals surface area contributed by atoms with Crippen LogP contribution in [0.4, 0.5) is 0 Å². The van der Waals surface area contributed by atoms with Gasteiger partial charge in [-0.2, -0.15) is 0 Å². The maximum Gasteiger partial charge on any atom is 0.337 e. The second kappa shape index (κ2) is 9.49. The van der Waals surface area contributed by atoms with Crippen molar-refractivity contribution >= 4 is 34.7 Å². The number of para-hydroxylation sites is 2. The number of nitrogens with one attached hydrogen (secondary N) is 2. The zero-order valence-corrected chi connectivity index (χ0v) is 17.7. The number of amides is 1. The summed E-state index contributed by atoms with van der Waals surface area (Å²) in [6.07, 6.45) is 0. The molecule has 31 heavy (non-hydrogen) atoms. The minimum atomic E-state index is -0.383. The second-order valence-electron chi connectivity index (χ2n) is 6.88. The zero-order chi connectivity index (χ0) is 21.6. The van der Waals surface area contributed by atoms with Crippen LogP contribution in [-0.2, 0) is 17.0 Å². The summed E-state index contributed by atoms with van der Waals surface area (Å²) in [7, 11) is 1.35. The number of carbonyl (C=O) groups excluding carboxylic acids is 2. The fraction of sp³-hybridized carbons (Fsp3) is 0.125. The van der Waals surface area contributed by atoms with Crippen molar-refractivity contribution in [3.05, 3.63) is 95.1 Å². The highest BCUT2D eigenvalue weighted by molar-refractivity contribution is 7.98. The third-order valence-corrected chi connectivity index (χ3v) is 5.74. The molecule has 6 nitrogen and oxygen atoms in total. The summed E-state index contributed by atoms with van der Waals surface area (Å²) in [4.78, 5) is 32.2. The Bertz CT molecular complexity index is 1190. The summed E-state index contributed by atoms with van der Waals surface area (Å²) in [5.41, 5.74) is 4.87. The molecule has 0 saturated carbocycles. The molecular formula is C24H21N3O3S. The van der Waals surface area contributed by atoms with Gasteiger partial charge in [0.25, 0.3) is 5.91 Å². The van der Waals surface area contributed by atoms with Crippen LogP contribution in [0.2, 0.25) is 0 Å². The Morgan fingerprint density at radius 3 is 2.52 bits per heavy atom. The Morgan fingerprint density at radius 1 is 1.00 bits per heavy atom. The lowest BCUT2D eigenvalue weighted by molar-refractivity contribution is 0.0600. The molecule has 0 atom stereocenters. The number of aromatic nitrogens is 2. The van der Waals surface area contributed by atoms with Crippen LogP contribution in [0.5, 0.6) is 0 Å².